The number of fused-ring (bicyclic) bond motifs is 5. The number of esters is 1. The molecule has 206 valence electrons. The predicted octanol–water partition coefficient (Wildman–Crippen LogP) is 3.47. The Balaban J connectivity index is 1.20. The van der Waals surface area contributed by atoms with Gasteiger partial charge in [0.25, 0.3) is 5.91 Å². The molecule has 4 aliphatic rings. The molecule has 0 bridgehead atoms. The number of aliphatic hydroxyl groups is 1. The molecule has 3 saturated carbocycles. The van der Waals surface area contributed by atoms with Crippen LogP contribution in [0.25, 0.3) is 0 Å². The quantitative estimate of drug-likeness (QED) is 0.370. The molecule has 38 heavy (non-hydrogen) atoms. The number of carbonyl (C=O) groups excluding carboxylic acids is 2. The first kappa shape index (κ1) is 26.7. The summed E-state index contributed by atoms with van der Waals surface area (Å²) in [4.78, 5) is 36.8. The van der Waals surface area contributed by atoms with Crippen LogP contribution < -0.4 is 5.32 Å². The molecule has 0 unspecified atom stereocenters. The van der Waals surface area contributed by atoms with Gasteiger partial charge in [0.05, 0.1) is 19.0 Å². The number of nitrogens with zero attached hydrogens (tertiary/aromatic N) is 2. The molecule has 0 aliphatic heterocycles. The van der Waals surface area contributed by atoms with Crippen LogP contribution >= 0.6 is 0 Å². The standard InChI is InChI=1S/C29H40N4O5/c1-27-10-7-19(33-38-16-25(34)32-24(26(35)37-4)14-20-15-30-17-31-20)13-18(27)5-6-21-22(27)8-11-28(2)23(21)9-12-29(28,3)36/h7,10,13,15,17,21-24,36H,5-6,8-9,11-12,14,16H2,1-4H3,(H,30,31)(H,32,34)/b33-19+/t21-,22+,23+,24+,27-,28+,29-/m0/s1. The van der Waals surface area contributed by atoms with E-state index in [0.29, 0.717) is 29.2 Å². The van der Waals surface area contributed by atoms with E-state index in [2.05, 4.69) is 46.4 Å². The smallest absolute Gasteiger partial charge is 0.328 e. The topological polar surface area (TPSA) is 126 Å². The molecule has 1 amide bonds. The number of hydrogen-bond donors (Lipinski definition) is 3. The second-order valence-corrected chi connectivity index (χ2v) is 12.2. The van der Waals surface area contributed by atoms with Gasteiger partial charge in [0, 0.05) is 23.7 Å². The highest BCUT2D eigenvalue weighted by molar-refractivity contribution is 6.05. The van der Waals surface area contributed by atoms with E-state index in [1.54, 1.807) is 6.20 Å². The van der Waals surface area contributed by atoms with Crippen molar-refractivity contribution in [2.45, 2.75) is 77.4 Å². The Morgan fingerprint density at radius 2 is 2.03 bits per heavy atom. The number of imidazole rings is 1. The van der Waals surface area contributed by atoms with E-state index in [9.17, 15) is 14.7 Å². The van der Waals surface area contributed by atoms with Gasteiger partial charge in [-0.05, 0) is 80.8 Å². The first-order valence-corrected chi connectivity index (χ1v) is 13.7. The van der Waals surface area contributed by atoms with E-state index in [1.807, 2.05) is 13.0 Å². The molecule has 3 fully saturated rings. The lowest BCUT2D eigenvalue weighted by molar-refractivity contribution is -0.145. The number of aromatic amines is 1. The largest absolute Gasteiger partial charge is 0.467 e. The molecule has 0 radical (unpaired) electrons. The number of methoxy groups -OCH3 is 1. The molecular formula is C29H40N4O5. The summed E-state index contributed by atoms with van der Waals surface area (Å²) in [5, 5.41) is 18.0. The molecule has 0 aromatic carbocycles. The molecule has 4 aliphatic carbocycles. The summed E-state index contributed by atoms with van der Waals surface area (Å²) in [5.74, 6) is 0.752. The maximum Gasteiger partial charge on any atom is 0.328 e. The van der Waals surface area contributed by atoms with Crippen LogP contribution in [-0.2, 0) is 25.6 Å². The summed E-state index contributed by atoms with van der Waals surface area (Å²) in [6.07, 6.45) is 16.1. The van der Waals surface area contributed by atoms with Gasteiger partial charge >= 0.3 is 5.97 Å². The second kappa shape index (κ2) is 9.98. The average molecular weight is 525 g/mol. The number of H-pyrrole nitrogens is 1. The SMILES string of the molecule is COC(=O)[C@@H](Cc1cnc[nH]1)NC(=O)CO/N=C1\C=C[C@@]2(C)C(=C1)CC[C@H]1[C@H]2CC[C@]2(C)[C@@H]1CC[C@]2(C)O. The van der Waals surface area contributed by atoms with Crippen LogP contribution in [0.1, 0.15) is 65.0 Å². The minimum Gasteiger partial charge on any atom is -0.467 e. The summed E-state index contributed by atoms with van der Waals surface area (Å²) in [6, 6.07) is -0.849. The van der Waals surface area contributed by atoms with E-state index in [0.717, 1.165) is 38.5 Å². The van der Waals surface area contributed by atoms with Crippen LogP contribution in [0.2, 0.25) is 0 Å². The normalized spacial score (nSPS) is 37.4. The Labute approximate surface area is 224 Å². The molecule has 1 aromatic heterocycles. The van der Waals surface area contributed by atoms with Crippen molar-refractivity contribution in [3.05, 3.63) is 42.0 Å². The average Bonchev–Trinajstić information content (AvgIpc) is 3.48. The minimum absolute atomic E-state index is 0.0103. The highest BCUT2D eigenvalue weighted by atomic mass is 16.6. The highest BCUT2D eigenvalue weighted by Crippen LogP contribution is 2.66. The fraction of sp³-hybridized carbons (Fsp3) is 0.655. The van der Waals surface area contributed by atoms with Crippen LogP contribution in [0, 0.1) is 28.6 Å². The van der Waals surface area contributed by atoms with Crippen LogP contribution in [0.15, 0.2) is 41.5 Å². The van der Waals surface area contributed by atoms with Crippen molar-refractivity contribution in [3.63, 3.8) is 0 Å². The number of ether oxygens (including phenoxy) is 1. The molecule has 9 heteroatoms. The second-order valence-electron chi connectivity index (χ2n) is 12.2. The summed E-state index contributed by atoms with van der Waals surface area (Å²) >= 11 is 0. The first-order chi connectivity index (χ1) is 18.1. The Kier molecular flexibility index (Phi) is 7.00. The third-order valence-corrected chi connectivity index (χ3v) is 10.3. The van der Waals surface area contributed by atoms with Gasteiger partial charge in [0.1, 0.15) is 11.8 Å². The van der Waals surface area contributed by atoms with Crippen LogP contribution in [-0.4, -0.2) is 58.0 Å². The molecule has 5 rings (SSSR count). The number of oxime groups is 1. The van der Waals surface area contributed by atoms with Crippen molar-refractivity contribution in [2.24, 2.45) is 33.7 Å². The molecule has 0 saturated heterocycles. The van der Waals surface area contributed by atoms with Gasteiger partial charge in [0.15, 0.2) is 6.61 Å². The number of hydrogen-bond acceptors (Lipinski definition) is 7. The van der Waals surface area contributed by atoms with Gasteiger partial charge in [-0.25, -0.2) is 9.78 Å². The summed E-state index contributed by atoms with van der Waals surface area (Å²) in [7, 11) is 1.28. The first-order valence-electron chi connectivity index (χ1n) is 13.7. The van der Waals surface area contributed by atoms with Crippen LogP contribution in [0.5, 0.6) is 0 Å². The number of aromatic nitrogens is 2. The summed E-state index contributed by atoms with van der Waals surface area (Å²) in [5.41, 5.74) is 2.19. The lowest BCUT2D eigenvalue weighted by atomic mass is 9.47. The van der Waals surface area contributed by atoms with E-state index in [4.69, 9.17) is 9.57 Å². The van der Waals surface area contributed by atoms with Crippen molar-refractivity contribution in [3.8, 4) is 0 Å². The summed E-state index contributed by atoms with van der Waals surface area (Å²) in [6.45, 7) is 6.40. The fourth-order valence-corrected chi connectivity index (χ4v) is 7.86. The van der Waals surface area contributed by atoms with Crippen molar-refractivity contribution in [1.29, 1.82) is 0 Å². The van der Waals surface area contributed by atoms with Gasteiger partial charge < -0.3 is 25.0 Å². The number of amides is 1. The van der Waals surface area contributed by atoms with E-state index < -0.39 is 23.5 Å². The zero-order valence-corrected chi connectivity index (χ0v) is 22.8. The van der Waals surface area contributed by atoms with Crippen LogP contribution in [0.4, 0.5) is 0 Å². The lowest BCUT2D eigenvalue weighted by Crippen LogP contribution is -2.53. The van der Waals surface area contributed by atoms with Gasteiger partial charge in [-0.1, -0.05) is 30.7 Å². The monoisotopic (exact) mass is 524 g/mol. The maximum atomic E-state index is 12.5. The lowest BCUT2D eigenvalue weighted by Gasteiger charge is -2.58. The van der Waals surface area contributed by atoms with Gasteiger partial charge in [-0.3, -0.25) is 4.79 Å². The van der Waals surface area contributed by atoms with E-state index >= 15 is 0 Å². The fourth-order valence-electron chi connectivity index (χ4n) is 7.86. The van der Waals surface area contributed by atoms with Crippen molar-refractivity contribution >= 4 is 17.6 Å². The van der Waals surface area contributed by atoms with Crippen molar-refractivity contribution in [1.82, 2.24) is 15.3 Å². The zero-order valence-electron chi connectivity index (χ0n) is 22.8. The Morgan fingerprint density at radius 1 is 1.24 bits per heavy atom. The molecule has 1 heterocycles. The molecular weight excluding hydrogens is 484 g/mol. The Hall–Kier alpha value is -2.94. The Bertz CT molecular complexity index is 1160. The predicted molar refractivity (Wildman–Crippen MR) is 142 cm³/mol. The van der Waals surface area contributed by atoms with Crippen molar-refractivity contribution in [2.75, 3.05) is 13.7 Å². The number of rotatable bonds is 7. The van der Waals surface area contributed by atoms with E-state index in [-0.39, 0.29) is 23.9 Å². The zero-order chi connectivity index (χ0) is 27.1. The Morgan fingerprint density at radius 3 is 2.76 bits per heavy atom. The summed E-state index contributed by atoms with van der Waals surface area (Å²) < 4.78 is 4.81. The molecule has 0 spiro atoms. The molecule has 3 N–H and O–H groups in total. The van der Waals surface area contributed by atoms with Gasteiger partial charge in [0.2, 0.25) is 0 Å². The van der Waals surface area contributed by atoms with Gasteiger partial charge in [-0.15, -0.1) is 0 Å². The van der Waals surface area contributed by atoms with E-state index in [1.165, 1.54) is 19.0 Å². The molecule has 9 nitrogen and oxygen atoms in total. The van der Waals surface area contributed by atoms with Crippen LogP contribution in [0.3, 0.4) is 0 Å². The minimum atomic E-state index is -0.849. The maximum absolute atomic E-state index is 12.5. The molecule has 1 aromatic rings. The van der Waals surface area contributed by atoms with Crippen molar-refractivity contribution < 1.29 is 24.3 Å². The number of carbonyl (C=O) groups is 2. The molecule has 7 atom stereocenters. The number of allylic oxidation sites excluding steroid dienone is 4. The van der Waals surface area contributed by atoms with Gasteiger partial charge in [-0.2, -0.15) is 0 Å². The number of nitrogens with one attached hydrogen (secondary N) is 2. The third-order valence-electron chi connectivity index (χ3n) is 10.3. The third kappa shape index (κ3) is 4.59. The highest BCUT2D eigenvalue weighted by Gasteiger charge is 2.61.